The summed E-state index contributed by atoms with van der Waals surface area (Å²) in [6, 6.07) is 7.85. The molecule has 0 saturated carbocycles. The zero-order chi connectivity index (χ0) is 18.2. The van der Waals surface area contributed by atoms with Crippen LogP contribution in [0.25, 0.3) is 0 Å². The zero-order valence-electron chi connectivity index (χ0n) is 15.7. The average Bonchev–Trinajstić information content (AvgIpc) is 2.50. The lowest BCUT2D eigenvalue weighted by atomic mass is 9.93. The first-order valence-electron chi connectivity index (χ1n) is 8.39. The van der Waals surface area contributed by atoms with Crippen molar-refractivity contribution in [1.29, 1.82) is 0 Å². The van der Waals surface area contributed by atoms with Gasteiger partial charge in [-0.25, -0.2) is 0 Å². The number of anilines is 1. The van der Waals surface area contributed by atoms with Gasteiger partial charge < -0.3 is 4.74 Å². The van der Waals surface area contributed by atoms with Crippen molar-refractivity contribution < 1.29 is 9.53 Å². The number of hydrogen-bond donors (Lipinski definition) is 0. The molecule has 0 atom stereocenters. The Bertz CT molecular complexity index is 566. The molecule has 0 aliphatic rings. The van der Waals surface area contributed by atoms with Crippen LogP contribution >= 0.6 is 0 Å². The van der Waals surface area contributed by atoms with Crippen molar-refractivity contribution in [3.63, 3.8) is 0 Å². The van der Waals surface area contributed by atoms with Crippen LogP contribution < -0.4 is 9.75 Å². The summed E-state index contributed by atoms with van der Waals surface area (Å²) in [7, 11) is 1.88. The molecule has 132 valence electrons. The minimum absolute atomic E-state index is 0.256. The van der Waals surface area contributed by atoms with Gasteiger partial charge in [-0.3, -0.25) is 9.80 Å². The molecule has 1 rings (SSSR count). The van der Waals surface area contributed by atoms with E-state index in [1.807, 2.05) is 45.2 Å². The third kappa shape index (κ3) is 7.44. The van der Waals surface area contributed by atoms with E-state index < -0.39 is 0 Å². The van der Waals surface area contributed by atoms with Crippen LogP contribution in [0, 0.1) is 11.3 Å². The number of nitrogens with zero attached hydrogens (tertiary/aromatic N) is 2. The minimum atomic E-state index is 0.256. The molecule has 1 aromatic rings. The Hall–Kier alpha value is -2.10. The maximum atomic E-state index is 10.7. The van der Waals surface area contributed by atoms with Gasteiger partial charge in [0.1, 0.15) is 12.0 Å². The largest absolute Gasteiger partial charge is 0.494 e. The SMILES string of the molecule is CC(C)C(/C=N\N(C)c1ccc(OCCC(C)(C)C)cc1)=C/C=O. The quantitative estimate of drug-likeness (QED) is 0.300. The smallest absolute Gasteiger partial charge is 0.143 e. The van der Waals surface area contributed by atoms with Gasteiger partial charge in [0.2, 0.25) is 0 Å². The van der Waals surface area contributed by atoms with Crippen molar-refractivity contribution in [2.45, 2.75) is 41.0 Å². The third-order valence-corrected chi connectivity index (χ3v) is 3.64. The molecule has 0 radical (unpaired) electrons. The second-order valence-electron chi connectivity index (χ2n) is 7.38. The first-order valence-corrected chi connectivity index (χ1v) is 8.39. The van der Waals surface area contributed by atoms with Gasteiger partial charge in [0.05, 0.1) is 18.5 Å². The highest BCUT2D eigenvalue weighted by Gasteiger charge is 2.10. The number of aldehydes is 1. The lowest BCUT2D eigenvalue weighted by Gasteiger charge is -2.18. The monoisotopic (exact) mass is 330 g/mol. The number of allylic oxidation sites excluding steroid dienone is 2. The highest BCUT2D eigenvalue weighted by atomic mass is 16.5. The highest BCUT2D eigenvalue weighted by Crippen LogP contribution is 2.22. The number of carbonyl (C=O) groups excluding carboxylic acids is 1. The molecule has 0 aliphatic carbocycles. The second kappa shape index (κ2) is 9.26. The van der Waals surface area contributed by atoms with E-state index in [0.29, 0.717) is 6.61 Å². The van der Waals surface area contributed by atoms with Crippen molar-refractivity contribution >= 4 is 18.2 Å². The van der Waals surface area contributed by atoms with E-state index in [2.05, 4.69) is 25.9 Å². The van der Waals surface area contributed by atoms with Gasteiger partial charge >= 0.3 is 0 Å². The van der Waals surface area contributed by atoms with Gasteiger partial charge in [-0.05, 0) is 53.7 Å². The molecule has 24 heavy (non-hydrogen) atoms. The van der Waals surface area contributed by atoms with Crippen LogP contribution in [0.5, 0.6) is 5.75 Å². The lowest BCUT2D eigenvalue weighted by Crippen LogP contribution is -2.11. The third-order valence-electron chi connectivity index (χ3n) is 3.64. The fraction of sp³-hybridized carbons (Fsp3) is 0.500. The number of hydrazone groups is 1. The molecule has 4 heteroatoms. The first kappa shape index (κ1) is 19.9. The number of rotatable bonds is 8. The molecule has 0 spiro atoms. The fourth-order valence-corrected chi connectivity index (χ4v) is 1.92. The van der Waals surface area contributed by atoms with Crippen LogP contribution in [0.2, 0.25) is 0 Å². The summed E-state index contributed by atoms with van der Waals surface area (Å²) in [5, 5.41) is 6.18. The molecule has 0 heterocycles. The minimum Gasteiger partial charge on any atom is -0.494 e. The molecule has 4 nitrogen and oxygen atoms in total. The zero-order valence-corrected chi connectivity index (χ0v) is 15.7. The summed E-state index contributed by atoms with van der Waals surface area (Å²) in [6.07, 6.45) is 5.09. The molecule has 0 bridgehead atoms. The molecule has 0 unspecified atom stereocenters. The van der Waals surface area contributed by atoms with Crippen molar-refractivity contribution in [2.75, 3.05) is 18.7 Å². The van der Waals surface area contributed by atoms with Crippen molar-refractivity contribution in [3.8, 4) is 5.75 Å². The first-order chi connectivity index (χ1) is 11.2. The van der Waals surface area contributed by atoms with Crippen molar-refractivity contribution in [2.24, 2.45) is 16.4 Å². The number of ether oxygens (including phenoxy) is 1. The summed E-state index contributed by atoms with van der Waals surface area (Å²) in [6.45, 7) is 11.4. The van der Waals surface area contributed by atoms with Crippen LogP contribution in [0.15, 0.2) is 41.0 Å². The molecule has 0 aromatic heterocycles. The standard InChI is InChI=1S/C20H30N2O2/c1-16(2)17(11-13-23)15-21-22(6)18-7-9-19(10-8-18)24-14-12-20(3,4)5/h7-11,13,15-16H,12,14H2,1-6H3/b17-11+,21-15-. The molecule has 0 amide bonds. The Morgan fingerprint density at radius 1 is 1.25 bits per heavy atom. The van der Waals surface area contributed by atoms with Crippen LogP contribution in [0.3, 0.4) is 0 Å². The molecule has 1 aromatic carbocycles. The molecule has 0 N–H and O–H groups in total. The van der Waals surface area contributed by atoms with E-state index in [1.54, 1.807) is 17.3 Å². The number of benzene rings is 1. The Labute approximate surface area is 146 Å². The van der Waals surface area contributed by atoms with Gasteiger partial charge in [-0.1, -0.05) is 34.6 Å². The molecule has 0 fully saturated rings. The van der Waals surface area contributed by atoms with Gasteiger partial charge in [0, 0.05) is 7.05 Å². The highest BCUT2D eigenvalue weighted by molar-refractivity contribution is 5.86. The Kier molecular flexibility index (Phi) is 7.69. The Morgan fingerprint density at radius 2 is 1.88 bits per heavy atom. The van der Waals surface area contributed by atoms with E-state index in [9.17, 15) is 4.79 Å². The number of carbonyl (C=O) groups is 1. The maximum Gasteiger partial charge on any atom is 0.143 e. The Balaban J connectivity index is 2.64. The topological polar surface area (TPSA) is 41.9 Å². The molecule has 0 aliphatic heterocycles. The van der Waals surface area contributed by atoms with Gasteiger partial charge in [0.25, 0.3) is 0 Å². The maximum absolute atomic E-state index is 10.7. The van der Waals surface area contributed by atoms with Gasteiger partial charge in [-0.2, -0.15) is 5.10 Å². The van der Waals surface area contributed by atoms with Crippen molar-refractivity contribution in [3.05, 3.63) is 35.9 Å². The van der Waals surface area contributed by atoms with Crippen LogP contribution in [-0.2, 0) is 4.79 Å². The molecular weight excluding hydrogens is 300 g/mol. The van der Waals surface area contributed by atoms with Gasteiger partial charge in [-0.15, -0.1) is 0 Å². The van der Waals surface area contributed by atoms with E-state index in [4.69, 9.17) is 4.74 Å². The normalized spacial score (nSPS) is 12.7. The summed E-state index contributed by atoms with van der Waals surface area (Å²) in [5.41, 5.74) is 2.14. The van der Waals surface area contributed by atoms with Crippen molar-refractivity contribution in [1.82, 2.24) is 0 Å². The summed E-state index contributed by atoms with van der Waals surface area (Å²) < 4.78 is 5.77. The number of hydrogen-bond acceptors (Lipinski definition) is 4. The summed E-state index contributed by atoms with van der Waals surface area (Å²) in [5.74, 6) is 1.12. The predicted molar refractivity (Wildman–Crippen MR) is 102 cm³/mol. The molecule has 0 saturated heterocycles. The molecular formula is C20H30N2O2. The predicted octanol–water partition coefficient (Wildman–Crippen LogP) is 4.70. The van der Waals surface area contributed by atoms with Crippen LogP contribution in [0.4, 0.5) is 5.69 Å². The van der Waals surface area contributed by atoms with E-state index >= 15 is 0 Å². The van der Waals surface area contributed by atoms with Crippen LogP contribution in [-0.4, -0.2) is 26.2 Å². The average molecular weight is 330 g/mol. The summed E-state index contributed by atoms with van der Waals surface area (Å²) in [4.78, 5) is 10.7. The van der Waals surface area contributed by atoms with E-state index in [1.165, 1.54) is 0 Å². The Morgan fingerprint density at radius 3 is 2.38 bits per heavy atom. The lowest BCUT2D eigenvalue weighted by molar-refractivity contribution is -0.104. The van der Waals surface area contributed by atoms with Crippen LogP contribution in [0.1, 0.15) is 41.0 Å². The van der Waals surface area contributed by atoms with Gasteiger partial charge in [0.15, 0.2) is 0 Å². The van der Waals surface area contributed by atoms with E-state index in [-0.39, 0.29) is 11.3 Å². The second-order valence-corrected chi connectivity index (χ2v) is 7.38. The summed E-state index contributed by atoms with van der Waals surface area (Å²) >= 11 is 0. The fourth-order valence-electron chi connectivity index (χ4n) is 1.92. The van der Waals surface area contributed by atoms with E-state index in [0.717, 1.165) is 29.7 Å².